The maximum atomic E-state index is 12.3. The Morgan fingerprint density at radius 3 is 2.54 bits per heavy atom. The van der Waals surface area contributed by atoms with Crippen LogP contribution in [-0.2, 0) is 4.74 Å². The van der Waals surface area contributed by atoms with E-state index in [2.05, 4.69) is 25.1 Å². The molecule has 1 fully saturated rings. The van der Waals surface area contributed by atoms with Crippen molar-refractivity contribution in [2.45, 2.75) is 26.4 Å². The van der Waals surface area contributed by atoms with Crippen molar-refractivity contribution in [3.8, 4) is 0 Å². The van der Waals surface area contributed by atoms with Gasteiger partial charge in [-0.1, -0.05) is 23.2 Å². The number of carbonyl (C=O) groups is 1. The number of halogens is 2. The zero-order chi connectivity index (χ0) is 20.1. The molecule has 0 radical (unpaired) electrons. The maximum Gasteiger partial charge on any atom is 0.410 e. The number of carbonyl (C=O) groups excluding carboxylic acids is 1. The number of aromatic nitrogens is 5. The van der Waals surface area contributed by atoms with Crippen LogP contribution in [0.3, 0.4) is 0 Å². The molecule has 148 valence electrons. The van der Waals surface area contributed by atoms with Crippen LogP contribution in [0, 0.1) is 0 Å². The highest BCUT2D eigenvalue weighted by molar-refractivity contribution is 6.41. The summed E-state index contributed by atoms with van der Waals surface area (Å²) in [5.74, 6) is 0.639. The van der Waals surface area contributed by atoms with E-state index >= 15 is 0 Å². The van der Waals surface area contributed by atoms with E-state index in [-0.39, 0.29) is 11.2 Å². The third-order valence-corrected chi connectivity index (χ3v) is 5.02. The molecule has 28 heavy (non-hydrogen) atoms. The molecular weight excluding hydrogens is 405 g/mol. The predicted octanol–water partition coefficient (Wildman–Crippen LogP) is 3.04. The SMILES string of the molecule is CC(C)(C)OC(=O)N1CCN(c2nc3nc(Cl)c(Cl)cc3n3cnnc23)CC1. The first-order valence-corrected chi connectivity index (χ1v) is 9.57. The fourth-order valence-electron chi connectivity index (χ4n) is 3.06. The minimum atomic E-state index is -0.520. The lowest BCUT2D eigenvalue weighted by atomic mass is 10.2. The number of nitrogens with zero attached hydrogens (tertiary/aromatic N) is 7. The number of ether oxygens (including phenoxy) is 1. The van der Waals surface area contributed by atoms with Gasteiger partial charge in [-0.3, -0.25) is 4.40 Å². The Hall–Kier alpha value is -2.39. The number of pyridine rings is 1. The Labute approximate surface area is 171 Å². The van der Waals surface area contributed by atoms with Crippen LogP contribution in [0.15, 0.2) is 12.4 Å². The van der Waals surface area contributed by atoms with Gasteiger partial charge >= 0.3 is 6.09 Å². The van der Waals surface area contributed by atoms with Crippen molar-refractivity contribution < 1.29 is 9.53 Å². The van der Waals surface area contributed by atoms with Gasteiger partial charge in [0.05, 0.1) is 10.5 Å². The van der Waals surface area contributed by atoms with Gasteiger partial charge in [-0.05, 0) is 26.8 Å². The van der Waals surface area contributed by atoms with Crippen molar-refractivity contribution in [1.29, 1.82) is 0 Å². The van der Waals surface area contributed by atoms with E-state index in [1.165, 1.54) is 0 Å². The fraction of sp³-hybridized carbons (Fsp3) is 0.471. The average Bonchev–Trinajstić information content (AvgIpc) is 3.11. The van der Waals surface area contributed by atoms with Crippen LogP contribution >= 0.6 is 23.2 Å². The van der Waals surface area contributed by atoms with Crippen LogP contribution < -0.4 is 4.90 Å². The number of fused-ring (bicyclic) bond motifs is 3. The Morgan fingerprint density at radius 2 is 1.86 bits per heavy atom. The van der Waals surface area contributed by atoms with Crippen LogP contribution in [0.2, 0.25) is 10.2 Å². The summed E-state index contributed by atoms with van der Waals surface area (Å²) in [5.41, 5.74) is 1.20. The van der Waals surface area contributed by atoms with Gasteiger partial charge in [0, 0.05) is 26.2 Å². The third-order valence-electron chi connectivity index (χ3n) is 4.34. The van der Waals surface area contributed by atoms with Gasteiger partial charge in [0.2, 0.25) is 5.65 Å². The number of rotatable bonds is 1. The van der Waals surface area contributed by atoms with Crippen LogP contribution in [0.1, 0.15) is 20.8 Å². The van der Waals surface area contributed by atoms with E-state index < -0.39 is 5.60 Å². The number of amides is 1. The fourth-order valence-corrected chi connectivity index (χ4v) is 3.34. The van der Waals surface area contributed by atoms with Gasteiger partial charge in [0.15, 0.2) is 11.5 Å². The molecule has 1 amide bonds. The Morgan fingerprint density at radius 1 is 1.14 bits per heavy atom. The molecule has 3 aromatic heterocycles. The lowest BCUT2D eigenvalue weighted by Gasteiger charge is -2.36. The molecule has 0 N–H and O–H groups in total. The summed E-state index contributed by atoms with van der Waals surface area (Å²) in [5, 5.41) is 8.73. The highest BCUT2D eigenvalue weighted by Crippen LogP contribution is 2.28. The summed E-state index contributed by atoms with van der Waals surface area (Å²) in [6.07, 6.45) is 1.28. The highest BCUT2D eigenvalue weighted by atomic mass is 35.5. The zero-order valence-electron chi connectivity index (χ0n) is 15.7. The standard InChI is InChI=1S/C17H19Cl2N7O2/c1-17(2,3)28-16(27)25-6-4-24(5-7-25)14-15-23-20-9-26(15)11-8-10(18)12(19)21-13(11)22-14/h8-9H,4-7H2,1-3H3. The van der Waals surface area contributed by atoms with Gasteiger partial charge in [-0.15, -0.1) is 10.2 Å². The molecule has 0 unspecified atom stereocenters. The van der Waals surface area contributed by atoms with Gasteiger partial charge in [-0.25, -0.2) is 14.8 Å². The number of hydrogen-bond donors (Lipinski definition) is 0. The summed E-state index contributed by atoms with van der Waals surface area (Å²) in [7, 11) is 0. The molecule has 0 saturated carbocycles. The molecule has 1 saturated heterocycles. The normalized spacial score (nSPS) is 15.5. The zero-order valence-corrected chi connectivity index (χ0v) is 17.2. The minimum absolute atomic E-state index is 0.190. The maximum absolute atomic E-state index is 12.3. The van der Waals surface area contributed by atoms with E-state index in [0.29, 0.717) is 53.8 Å². The number of piperazine rings is 1. The van der Waals surface area contributed by atoms with Crippen LogP contribution in [0.25, 0.3) is 16.8 Å². The van der Waals surface area contributed by atoms with Crippen molar-refractivity contribution in [1.82, 2.24) is 29.5 Å². The molecule has 0 aliphatic carbocycles. The van der Waals surface area contributed by atoms with E-state index in [0.717, 1.165) is 0 Å². The Kier molecular flexibility index (Phi) is 4.67. The summed E-state index contributed by atoms with van der Waals surface area (Å²) in [4.78, 5) is 24.9. The smallest absolute Gasteiger partial charge is 0.410 e. The van der Waals surface area contributed by atoms with E-state index in [4.69, 9.17) is 27.9 Å². The molecule has 4 rings (SSSR count). The first-order chi connectivity index (χ1) is 13.2. The van der Waals surface area contributed by atoms with Crippen molar-refractivity contribution in [2.75, 3.05) is 31.1 Å². The van der Waals surface area contributed by atoms with Crippen molar-refractivity contribution in [3.63, 3.8) is 0 Å². The van der Waals surface area contributed by atoms with Crippen LogP contribution in [0.5, 0.6) is 0 Å². The Balaban J connectivity index is 1.62. The first kappa shape index (κ1) is 18.9. The van der Waals surface area contributed by atoms with Gasteiger partial charge in [0.25, 0.3) is 0 Å². The second kappa shape index (κ2) is 6.89. The van der Waals surface area contributed by atoms with Gasteiger partial charge < -0.3 is 14.5 Å². The number of hydrogen-bond acceptors (Lipinski definition) is 7. The lowest BCUT2D eigenvalue weighted by molar-refractivity contribution is 0.0240. The molecular formula is C17H19Cl2N7O2. The summed E-state index contributed by atoms with van der Waals surface area (Å²) >= 11 is 12.2. The van der Waals surface area contributed by atoms with Gasteiger partial charge in [0.1, 0.15) is 17.1 Å². The quantitative estimate of drug-likeness (QED) is 0.555. The molecule has 11 heteroatoms. The Bertz CT molecular complexity index is 1060. The second-order valence-corrected chi connectivity index (χ2v) is 8.28. The van der Waals surface area contributed by atoms with E-state index in [9.17, 15) is 4.79 Å². The van der Waals surface area contributed by atoms with E-state index in [1.54, 1.807) is 21.7 Å². The lowest BCUT2D eigenvalue weighted by Crippen LogP contribution is -2.50. The largest absolute Gasteiger partial charge is 0.444 e. The molecule has 4 heterocycles. The third kappa shape index (κ3) is 3.51. The molecule has 1 aliphatic heterocycles. The van der Waals surface area contributed by atoms with Gasteiger partial charge in [-0.2, -0.15) is 0 Å². The summed E-state index contributed by atoms with van der Waals surface area (Å²) in [6, 6.07) is 1.69. The average molecular weight is 424 g/mol. The summed E-state index contributed by atoms with van der Waals surface area (Å²) < 4.78 is 7.23. The minimum Gasteiger partial charge on any atom is -0.444 e. The number of anilines is 1. The van der Waals surface area contributed by atoms with Crippen molar-refractivity contribution in [3.05, 3.63) is 22.6 Å². The van der Waals surface area contributed by atoms with Crippen LogP contribution in [0.4, 0.5) is 10.6 Å². The van der Waals surface area contributed by atoms with Crippen molar-refractivity contribution >= 4 is 51.9 Å². The van der Waals surface area contributed by atoms with Crippen molar-refractivity contribution in [2.24, 2.45) is 0 Å². The molecule has 0 atom stereocenters. The summed E-state index contributed by atoms with van der Waals surface area (Å²) in [6.45, 7) is 7.77. The van der Waals surface area contributed by atoms with E-state index in [1.807, 2.05) is 20.8 Å². The molecule has 0 spiro atoms. The second-order valence-electron chi connectivity index (χ2n) is 7.52. The first-order valence-electron chi connectivity index (χ1n) is 8.81. The molecule has 0 aromatic carbocycles. The van der Waals surface area contributed by atoms with Crippen LogP contribution in [-0.4, -0.2) is 67.3 Å². The molecule has 1 aliphatic rings. The highest BCUT2D eigenvalue weighted by Gasteiger charge is 2.28. The molecule has 9 nitrogen and oxygen atoms in total. The topological polar surface area (TPSA) is 88.8 Å². The predicted molar refractivity (Wildman–Crippen MR) is 106 cm³/mol. The molecule has 3 aromatic rings. The molecule has 0 bridgehead atoms. The monoisotopic (exact) mass is 423 g/mol.